The molecule has 2 unspecified atom stereocenters. The zero-order valence-electron chi connectivity index (χ0n) is 8.60. The van der Waals surface area contributed by atoms with Crippen molar-refractivity contribution in [3.8, 4) is 0 Å². The number of nitrogens with zero attached hydrogens (tertiary/aromatic N) is 1. The molecular formula is C10H17N3O. The number of rotatable bonds is 5. The van der Waals surface area contributed by atoms with Crippen LogP contribution in [0.5, 0.6) is 0 Å². The van der Waals surface area contributed by atoms with E-state index < -0.39 is 0 Å². The van der Waals surface area contributed by atoms with Crippen LogP contribution in [0, 0.1) is 0 Å². The average molecular weight is 195 g/mol. The van der Waals surface area contributed by atoms with Gasteiger partial charge in [-0.05, 0) is 25.5 Å². The molecule has 0 saturated heterocycles. The summed E-state index contributed by atoms with van der Waals surface area (Å²) in [6, 6.07) is 3.86. The van der Waals surface area contributed by atoms with Crippen molar-refractivity contribution < 1.29 is 4.74 Å². The van der Waals surface area contributed by atoms with Crippen LogP contribution in [-0.2, 0) is 4.74 Å². The van der Waals surface area contributed by atoms with Gasteiger partial charge in [-0.3, -0.25) is 16.3 Å². The molecule has 1 aromatic heterocycles. The van der Waals surface area contributed by atoms with Gasteiger partial charge in [0.15, 0.2) is 0 Å². The molecule has 1 aromatic rings. The molecule has 0 saturated carbocycles. The summed E-state index contributed by atoms with van der Waals surface area (Å²) in [6.45, 7) is 4.63. The Hall–Kier alpha value is -0.970. The van der Waals surface area contributed by atoms with E-state index in [4.69, 9.17) is 10.6 Å². The van der Waals surface area contributed by atoms with Crippen molar-refractivity contribution >= 4 is 0 Å². The molecule has 0 fully saturated rings. The first-order chi connectivity index (χ1) is 6.79. The van der Waals surface area contributed by atoms with Crippen LogP contribution in [0.2, 0.25) is 0 Å². The first-order valence-electron chi connectivity index (χ1n) is 4.77. The van der Waals surface area contributed by atoms with Crippen LogP contribution in [0.15, 0.2) is 24.5 Å². The number of hydrogen-bond acceptors (Lipinski definition) is 4. The number of aromatic nitrogens is 1. The van der Waals surface area contributed by atoms with Gasteiger partial charge in [-0.15, -0.1) is 0 Å². The number of hydrazine groups is 1. The molecule has 1 rings (SSSR count). The molecule has 0 radical (unpaired) electrons. The van der Waals surface area contributed by atoms with E-state index >= 15 is 0 Å². The molecule has 0 bridgehead atoms. The number of pyridine rings is 1. The lowest BCUT2D eigenvalue weighted by molar-refractivity contribution is 0.0471. The Labute approximate surface area is 84.4 Å². The van der Waals surface area contributed by atoms with Crippen molar-refractivity contribution in [3.63, 3.8) is 0 Å². The zero-order valence-corrected chi connectivity index (χ0v) is 8.60. The molecule has 4 nitrogen and oxygen atoms in total. The molecule has 3 N–H and O–H groups in total. The molecule has 78 valence electrons. The zero-order chi connectivity index (χ0) is 10.4. The first kappa shape index (κ1) is 11.1. The second kappa shape index (κ2) is 5.70. The van der Waals surface area contributed by atoms with E-state index in [0.717, 1.165) is 5.56 Å². The van der Waals surface area contributed by atoms with E-state index in [1.807, 2.05) is 26.0 Å². The summed E-state index contributed by atoms with van der Waals surface area (Å²) in [5, 5.41) is 0. The van der Waals surface area contributed by atoms with Crippen molar-refractivity contribution in [3.05, 3.63) is 30.1 Å². The Balaban J connectivity index is 2.71. The number of hydrogen-bond donors (Lipinski definition) is 2. The molecule has 1 heterocycles. The summed E-state index contributed by atoms with van der Waals surface area (Å²) in [5.41, 5.74) is 3.78. The summed E-state index contributed by atoms with van der Waals surface area (Å²) in [7, 11) is 0. The normalized spacial score (nSPS) is 15.1. The molecule has 0 spiro atoms. The molecular weight excluding hydrogens is 178 g/mol. The highest BCUT2D eigenvalue weighted by Gasteiger charge is 2.17. The molecule has 0 amide bonds. The van der Waals surface area contributed by atoms with Gasteiger partial charge in [0.2, 0.25) is 0 Å². The Bertz CT molecular complexity index is 253. The number of nitrogens with one attached hydrogen (secondary N) is 1. The molecule has 0 aliphatic rings. The predicted molar refractivity (Wildman–Crippen MR) is 55.4 cm³/mol. The highest BCUT2D eigenvalue weighted by atomic mass is 16.5. The fourth-order valence-electron chi connectivity index (χ4n) is 1.42. The molecule has 0 aliphatic carbocycles. The second-order valence-electron chi connectivity index (χ2n) is 3.09. The van der Waals surface area contributed by atoms with Crippen LogP contribution < -0.4 is 11.3 Å². The lowest BCUT2D eigenvalue weighted by Crippen LogP contribution is -2.36. The monoisotopic (exact) mass is 195 g/mol. The van der Waals surface area contributed by atoms with Gasteiger partial charge >= 0.3 is 0 Å². The van der Waals surface area contributed by atoms with E-state index in [9.17, 15) is 0 Å². The maximum absolute atomic E-state index is 5.48. The third-order valence-electron chi connectivity index (χ3n) is 2.12. The lowest BCUT2D eigenvalue weighted by Gasteiger charge is -2.22. The Kier molecular flexibility index (Phi) is 4.52. The van der Waals surface area contributed by atoms with Crippen LogP contribution in [0.25, 0.3) is 0 Å². The van der Waals surface area contributed by atoms with Crippen molar-refractivity contribution in [2.24, 2.45) is 5.84 Å². The summed E-state index contributed by atoms with van der Waals surface area (Å²) in [4.78, 5) is 4.04. The van der Waals surface area contributed by atoms with Crippen molar-refractivity contribution in [2.45, 2.75) is 26.0 Å². The van der Waals surface area contributed by atoms with Crippen molar-refractivity contribution in [1.29, 1.82) is 0 Å². The highest BCUT2D eigenvalue weighted by molar-refractivity contribution is 5.14. The van der Waals surface area contributed by atoms with Crippen LogP contribution in [-0.4, -0.2) is 17.7 Å². The smallest absolute Gasteiger partial charge is 0.0755 e. The van der Waals surface area contributed by atoms with E-state index in [-0.39, 0.29) is 12.1 Å². The van der Waals surface area contributed by atoms with Gasteiger partial charge in [0.25, 0.3) is 0 Å². The van der Waals surface area contributed by atoms with Crippen LogP contribution in [0.4, 0.5) is 0 Å². The highest BCUT2D eigenvalue weighted by Crippen LogP contribution is 2.16. The van der Waals surface area contributed by atoms with Gasteiger partial charge < -0.3 is 4.74 Å². The maximum atomic E-state index is 5.48. The lowest BCUT2D eigenvalue weighted by atomic mass is 10.1. The van der Waals surface area contributed by atoms with E-state index in [1.54, 1.807) is 12.4 Å². The average Bonchev–Trinajstić information content (AvgIpc) is 2.21. The van der Waals surface area contributed by atoms with Gasteiger partial charge in [-0.25, -0.2) is 0 Å². The van der Waals surface area contributed by atoms with E-state index in [0.29, 0.717) is 6.61 Å². The van der Waals surface area contributed by atoms with Gasteiger partial charge in [-0.2, -0.15) is 0 Å². The molecule has 14 heavy (non-hydrogen) atoms. The minimum absolute atomic E-state index is 0.0105. The topological polar surface area (TPSA) is 60.2 Å². The second-order valence-corrected chi connectivity index (χ2v) is 3.09. The van der Waals surface area contributed by atoms with Gasteiger partial charge in [0, 0.05) is 19.0 Å². The molecule has 2 atom stereocenters. The minimum atomic E-state index is -0.0105. The van der Waals surface area contributed by atoms with Gasteiger partial charge in [0.05, 0.1) is 12.1 Å². The fourth-order valence-corrected chi connectivity index (χ4v) is 1.42. The maximum Gasteiger partial charge on any atom is 0.0755 e. The summed E-state index contributed by atoms with van der Waals surface area (Å²) in [6.07, 6.45) is 3.57. The van der Waals surface area contributed by atoms with Crippen molar-refractivity contribution in [1.82, 2.24) is 10.4 Å². The third-order valence-corrected chi connectivity index (χ3v) is 2.12. The molecule has 0 aromatic carbocycles. The van der Waals surface area contributed by atoms with Crippen LogP contribution >= 0.6 is 0 Å². The molecule has 4 heteroatoms. The fraction of sp³-hybridized carbons (Fsp3) is 0.500. The van der Waals surface area contributed by atoms with Gasteiger partial charge in [-0.1, -0.05) is 6.07 Å². The first-order valence-corrected chi connectivity index (χ1v) is 4.77. The predicted octanol–water partition coefficient (Wildman–Crippen LogP) is 1.01. The van der Waals surface area contributed by atoms with Crippen molar-refractivity contribution in [2.75, 3.05) is 6.61 Å². The summed E-state index contributed by atoms with van der Waals surface area (Å²) < 4.78 is 5.48. The Morgan fingerprint density at radius 3 is 2.93 bits per heavy atom. The van der Waals surface area contributed by atoms with E-state index in [1.165, 1.54) is 0 Å². The van der Waals surface area contributed by atoms with Gasteiger partial charge in [0.1, 0.15) is 0 Å². The summed E-state index contributed by atoms with van der Waals surface area (Å²) >= 11 is 0. The standard InChI is InChI=1S/C10H17N3O/c1-3-14-8(2)10(13-11)9-5-4-6-12-7-9/h4-8,10,13H,3,11H2,1-2H3. The van der Waals surface area contributed by atoms with Crippen LogP contribution in [0.3, 0.4) is 0 Å². The van der Waals surface area contributed by atoms with Crippen LogP contribution in [0.1, 0.15) is 25.5 Å². The Morgan fingerprint density at radius 1 is 1.64 bits per heavy atom. The minimum Gasteiger partial charge on any atom is -0.377 e. The van der Waals surface area contributed by atoms with E-state index in [2.05, 4.69) is 10.4 Å². The third kappa shape index (κ3) is 2.77. The summed E-state index contributed by atoms with van der Waals surface area (Å²) in [5.74, 6) is 5.48. The quantitative estimate of drug-likeness (QED) is 0.544. The largest absolute Gasteiger partial charge is 0.377 e. The number of nitrogens with two attached hydrogens (primary N) is 1. The Morgan fingerprint density at radius 2 is 2.43 bits per heavy atom. The SMILES string of the molecule is CCOC(C)C(NN)c1cccnc1. The number of ether oxygens (including phenoxy) is 1. The molecule has 0 aliphatic heterocycles.